The highest BCUT2D eigenvalue weighted by atomic mass is 19.1. The van der Waals surface area contributed by atoms with Crippen LogP contribution in [0, 0.1) is 31.0 Å². The first-order valence-electron chi connectivity index (χ1n) is 9.86. The van der Waals surface area contributed by atoms with Crippen LogP contribution in [0.5, 0.6) is 0 Å². The summed E-state index contributed by atoms with van der Waals surface area (Å²) in [5.41, 5.74) is 3.46. The lowest BCUT2D eigenvalue weighted by molar-refractivity contribution is -0.131. The molecule has 30 heavy (non-hydrogen) atoms. The normalized spacial score (nSPS) is 14.2. The molecule has 0 aliphatic carbocycles. The zero-order valence-electron chi connectivity index (χ0n) is 17.0. The van der Waals surface area contributed by atoms with Gasteiger partial charge in [-0.1, -0.05) is 6.07 Å². The lowest BCUT2D eigenvalue weighted by atomic mass is 10.1. The largest absolute Gasteiger partial charge is 0.367 e. The molecule has 4 rings (SSSR count). The van der Waals surface area contributed by atoms with Gasteiger partial charge >= 0.3 is 0 Å². The minimum atomic E-state index is -0.516. The smallest absolute Gasteiger partial charge is 0.252 e. The van der Waals surface area contributed by atoms with Crippen LogP contribution < -0.4 is 4.90 Å². The fourth-order valence-corrected chi connectivity index (χ4v) is 3.99. The number of hydrogen-bond acceptors (Lipinski definition) is 6. The van der Waals surface area contributed by atoms with Crippen LogP contribution in [-0.4, -0.2) is 56.6 Å². The summed E-state index contributed by atoms with van der Waals surface area (Å²) in [6.45, 7) is 6.09. The van der Waals surface area contributed by atoms with Crippen molar-refractivity contribution >= 4 is 17.4 Å². The van der Waals surface area contributed by atoms with E-state index in [-0.39, 0.29) is 11.5 Å². The first-order chi connectivity index (χ1) is 14.5. The van der Waals surface area contributed by atoms with Crippen LogP contribution in [0.4, 0.5) is 10.1 Å². The number of aromatic nitrogens is 4. The van der Waals surface area contributed by atoms with Gasteiger partial charge in [0.1, 0.15) is 23.8 Å². The Morgan fingerprint density at radius 1 is 1.23 bits per heavy atom. The molecular formula is C21H22FN7O. The number of benzene rings is 1. The summed E-state index contributed by atoms with van der Waals surface area (Å²) < 4.78 is 15.6. The summed E-state index contributed by atoms with van der Waals surface area (Å²) in [6.07, 6.45) is 2.44. The second-order valence-electron chi connectivity index (χ2n) is 7.35. The minimum Gasteiger partial charge on any atom is -0.367 e. The minimum absolute atomic E-state index is 0.0548. The summed E-state index contributed by atoms with van der Waals surface area (Å²) in [7, 11) is 0. The van der Waals surface area contributed by atoms with Crippen molar-refractivity contribution in [3.8, 4) is 6.07 Å². The molecule has 1 fully saturated rings. The maximum atomic E-state index is 13.9. The number of nitrogens with zero attached hydrogens (tertiary/aromatic N) is 7. The van der Waals surface area contributed by atoms with Gasteiger partial charge in [-0.05, 0) is 38.0 Å². The van der Waals surface area contributed by atoms with E-state index in [0.717, 1.165) is 17.0 Å². The fraction of sp³-hybridized carbons (Fsp3) is 0.381. The van der Waals surface area contributed by atoms with E-state index < -0.39 is 5.82 Å². The van der Waals surface area contributed by atoms with Crippen LogP contribution in [0.25, 0.3) is 5.78 Å². The molecule has 0 saturated carbocycles. The van der Waals surface area contributed by atoms with Gasteiger partial charge in [-0.15, -0.1) is 0 Å². The molecule has 3 aromatic rings. The van der Waals surface area contributed by atoms with Gasteiger partial charge in [0, 0.05) is 44.0 Å². The Morgan fingerprint density at radius 3 is 2.73 bits per heavy atom. The third kappa shape index (κ3) is 3.56. The van der Waals surface area contributed by atoms with Crippen LogP contribution in [0.2, 0.25) is 0 Å². The highest BCUT2D eigenvalue weighted by Gasteiger charge is 2.24. The molecule has 1 aliphatic heterocycles. The van der Waals surface area contributed by atoms with Crippen molar-refractivity contribution in [1.29, 1.82) is 5.26 Å². The van der Waals surface area contributed by atoms with E-state index in [2.05, 4.69) is 15.1 Å². The van der Waals surface area contributed by atoms with Gasteiger partial charge in [0.15, 0.2) is 0 Å². The average molecular weight is 407 g/mol. The zero-order valence-corrected chi connectivity index (χ0v) is 17.0. The summed E-state index contributed by atoms with van der Waals surface area (Å²) in [6, 6.07) is 6.58. The molecule has 154 valence electrons. The molecule has 1 amide bonds. The third-order valence-corrected chi connectivity index (χ3v) is 5.65. The number of fused-ring (bicyclic) bond motifs is 1. The molecule has 0 N–H and O–H groups in total. The Morgan fingerprint density at radius 2 is 2.00 bits per heavy atom. The van der Waals surface area contributed by atoms with E-state index in [1.807, 2.05) is 29.7 Å². The molecule has 2 aromatic heterocycles. The number of halogens is 1. The van der Waals surface area contributed by atoms with Crippen molar-refractivity contribution in [3.63, 3.8) is 0 Å². The van der Waals surface area contributed by atoms with Crippen molar-refractivity contribution in [2.75, 3.05) is 31.1 Å². The molecule has 0 radical (unpaired) electrons. The molecule has 1 aliphatic rings. The lowest BCUT2D eigenvalue weighted by Crippen LogP contribution is -2.49. The van der Waals surface area contributed by atoms with Crippen LogP contribution in [0.1, 0.15) is 28.9 Å². The highest BCUT2D eigenvalue weighted by Crippen LogP contribution is 2.24. The van der Waals surface area contributed by atoms with Gasteiger partial charge in [-0.25, -0.2) is 13.9 Å². The van der Waals surface area contributed by atoms with Gasteiger partial charge in [0.25, 0.3) is 5.78 Å². The van der Waals surface area contributed by atoms with Crippen LogP contribution in [0.3, 0.4) is 0 Å². The number of hydrogen-bond donors (Lipinski definition) is 0. The number of carbonyl (C=O) groups excluding carboxylic acids is 1. The molecule has 1 saturated heterocycles. The van der Waals surface area contributed by atoms with Crippen LogP contribution in [-0.2, 0) is 11.2 Å². The summed E-state index contributed by atoms with van der Waals surface area (Å²) >= 11 is 0. The molecule has 1 aromatic carbocycles. The number of nitriles is 1. The van der Waals surface area contributed by atoms with E-state index in [9.17, 15) is 14.4 Å². The van der Waals surface area contributed by atoms with Crippen molar-refractivity contribution in [2.24, 2.45) is 0 Å². The Balaban J connectivity index is 1.39. The molecule has 9 heteroatoms. The topological polar surface area (TPSA) is 90.4 Å². The highest BCUT2D eigenvalue weighted by molar-refractivity contribution is 5.77. The standard InChI is InChI=1S/C21H22FN7O/c1-14-16(15(2)29-21(26-14)24-13-25-29)6-7-20(30)28-10-8-27(9-11-28)19-5-3-4-18(22)17(19)12-23/h3-5,13H,6-11H2,1-2H3. The van der Waals surface area contributed by atoms with E-state index in [4.69, 9.17) is 0 Å². The van der Waals surface area contributed by atoms with Crippen molar-refractivity contribution < 1.29 is 9.18 Å². The third-order valence-electron chi connectivity index (χ3n) is 5.65. The number of aryl methyl sites for hydroxylation is 2. The Kier molecular flexibility index (Phi) is 5.31. The number of rotatable bonds is 4. The van der Waals surface area contributed by atoms with Crippen LogP contribution in [0.15, 0.2) is 24.5 Å². The van der Waals surface area contributed by atoms with E-state index in [1.54, 1.807) is 16.6 Å². The quantitative estimate of drug-likeness (QED) is 0.657. The number of anilines is 1. The fourth-order valence-electron chi connectivity index (χ4n) is 3.99. The van der Waals surface area contributed by atoms with E-state index in [1.165, 1.54) is 12.4 Å². The van der Waals surface area contributed by atoms with Gasteiger partial charge in [-0.3, -0.25) is 4.79 Å². The molecule has 8 nitrogen and oxygen atoms in total. The second-order valence-corrected chi connectivity index (χ2v) is 7.35. The maximum Gasteiger partial charge on any atom is 0.252 e. The zero-order chi connectivity index (χ0) is 21.3. The predicted octanol–water partition coefficient (Wildman–Crippen LogP) is 2.03. The molecule has 0 spiro atoms. The van der Waals surface area contributed by atoms with Crippen molar-refractivity contribution in [2.45, 2.75) is 26.7 Å². The van der Waals surface area contributed by atoms with Crippen LogP contribution >= 0.6 is 0 Å². The molecule has 3 heterocycles. The number of carbonyl (C=O) groups is 1. The van der Waals surface area contributed by atoms with Gasteiger partial charge in [-0.2, -0.15) is 15.3 Å². The average Bonchev–Trinajstić information content (AvgIpc) is 3.22. The monoisotopic (exact) mass is 407 g/mol. The van der Waals surface area contributed by atoms with Gasteiger partial charge < -0.3 is 9.80 Å². The first-order valence-corrected chi connectivity index (χ1v) is 9.86. The first kappa shape index (κ1) is 19.8. The Hall–Kier alpha value is -3.54. The SMILES string of the molecule is Cc1nc2ncnn2c(C)c1CCC(=O)N1CCN(c2cccc(F)c2C#N)CC1. The van der Waals surface area contributed by atoms with E-state index in [0.29, 0.717) is 50.5 Å². The number of amides is 1. The summed E-state index contributed by atoms with van der Waals surface area (Å²) in [4.78, 5) is 25.1. The number of piperazine rings is 1. The van der Waals surface area contributed by atoms with E-state index >= 15 is 0 Å². The predicted molar refractivity (Wildman–Crippen MR) is 108 cm³/mol. The van der Waals surface area contributed by atoms with Crippen molar-refractivity contribution in [3.05, 3.63) is 52.9 Å². The Labute approximate surface area is 173 Å². The molecular weight excluding hydrogens is 385 g/mol. The molecule has 0 bridgehead atoms. The van der Waals surface area contributed by atoms with Crippen molar-refractivity contribution in [1.82, 2.24) is 24.5 Å². The second kappa shape index (κ2) is 8.06. The van der Waals surface area contributed by atoms with Gasteiger partial charge in [0.2, 0.25) is 5.91 Å². The summed E-state index contributed by atoms with van der Waals surface area (Å²) in [5.74, 6) is 0.120. The maximum absolute atomic E-state index is 13.9. The molecule has 0 unspecified atom stereocenters. The van der Waals surface area contributed by atoms with Gasteiger partial charge in [0.05, 0.1) is 5.69 Å². The Bertz CT molecular complexity index is 1140. The summed E-state index contributed by atoms with van der Waals surface area (Å²) in [5, 5.41) is 13.4. The lowest BCUT2D eigenvalue weighted by Gasteiger charge is -2.36. The molecule has 0 atom stereocenters.